The fraction of sp³-hybridized carbons (Fsp3) is 0.833. The van der Waals surface area contributed by atoms with Gasteiger partial charge in [0, 0.05) is 6.42 Å². The minimum atomic E-state index is -0.479. The van der Waals surface area contributed by atoms with Crippen LogP contribution in [0.2, 0.25) is 0 Å². The standard InChI is InChI=1S/C18H33NO4/c1-3-5-6-7-8-9-10-11-12-13-16(20)14-17(21)19-15-18(22)23-4-2/h3-15H2,1-2H3,(H,19,21). The van der Waals surface area contributed by atoms with Gasteiger partial charge in [-0.05, 0) is 13.3 Å². The quantitative estimate of drug-likeness (QED) is 0.284. The number of unbranched alkanes of at least 4 members (excludes halogenated alkanes) is 8. The monoisotopic (exact) mass is 327 g/mol. The fourth-order valence-corrected chi connectivity index (χ4v) is 2.35. The number of ether oxygens (including phenoxy) is 1. The topological polar surface area (TPSA) is 72.5 Å². The molecule has 134 valence electrons. The van der Waals surface area contributed by atoms with Gasteiger partial charge < -0.3 is 10.1 Å². The fourth-order valence-electron chi connectivity index (χ4n) is 2.35. The van der Waals surface area contributed by atoms with Crippen molar-refractivity contribution in [2.24, 2.45) is 0 Å². The number of esters is 1. The highest BCUT2D eigenvalue weighted by molar-refractivity contribution is 5.98. The maximum absolute atomic E-state index is 11.7. The summed E-state index contributed by atoms with van der Waals surface area (Å²) in [5.74, 6) is -0.944. The largest absolute Gasteiger partial charge is 0.465 e. The van der Waals surface area contributed by atoms with E-state index in [1.165, 1.54) is 38.5 Å². The lowest BCUT2D eigenvalue weighted by atomic mass is 10.0. The van der Waals surface area contributed by atoms with Crippen LogP contribution in [0, 0.1) is 0 Å². The summed E-state index contributed by atoms with van der Waals surface area (Å²) >= 11 is 0. The van der Waals surface area contributed by atoms with E-state index < -0.39 is 11.9 Å². The first kappa shape index (κ1) is 21.6. The van der Waals surface area contributed by atoms with Crippen molar-refractivity contribution in [3.05, 3.63) is 0 Å². The Morgan fingerprint density at radius 3 is 1.96 bits per heavy atom. The molecule has 0 spiro atoms. The zero-order valence-electron chi connectivity index (χ0n) is 14.8. The summed E-state index contributed by atoms with van der Waals surface area (Å²) in [6, 6.07) is 0. The van der Waals surface area contributed by atoms with E-state index in [0.717, 1.165) is 19.3 Å². The third kappa shape index (κ3) is 15.3. The van der Waals surface area contributed by atoms with Crippen LogP contribution in [0.1, 0.15) is 84.5 Å². The Labute approximate surface area is 140 Å². The van der Waals surface area contributed by atoms with Crippen LogP contribution >= 0.6 is 0 Å². The number of nitrogens with one attached hydrogen (secondary N) is 1. The predicted molar refractivity (Wildman–Crippen MR) is 91.1 cm³/mol. The van der Waals surface area contributed by atoms with Crippen LogP contribution < -0.4 is 5.32 Å². The summed E-state index contributed by atoms with van der Waals surface area (Å²) in [5, 5.41) is 2.40. The van der Waals surface area contributed by atoms with Gasteiger partial charge in [0.25, 0.3) is 0 Å². The minimum absolute atomic E-state index is 0.0608. The molecule has 23 heavy (non-hydrogen) atoms. The summed E-state index contributed by atoms with van der Waals surface area (Å²) in [5.41, 5.74) is 0. The summed E-state index contributed by atoms with van der Waals surface area (Å²) in [6.45, 7) is 4.03. The molecular formula is C18H33NO4. The van der Waals surface area contributed by atoms with Gasteiger partial charge >= 0.3 is 5.97 Å². The number of ketones is 1. The molecule has 0 radical (unpaired) electrons. The zero-order valence-corrected chi connectivity index (χ0v) is 14.8. The molecule has 0 aromatic rings. The minimum Gasteiger partial charge on any atom is -0.465 e. The van der Waals surface area contributed by atoms with Crippen molar-refractivity contribution >= 4 is 17.7 Å². The van der Waals surface area contributed by atoms with E-state index in [4.69, 9.17) is 4.74 Å². The van der Waals surface area contributed by atoms with Crippen molar-refractivity contribution in [2.45, 2.75) is 84.5 Å². The third-order valence-corrected chi connectivity index (χ3v) is 3.65. The molecule has 0 aromatic carbocycles. The van der Waals surface area contributed by atoms with Crippen LogP contribution in [-0.2, 0) is 19.1 Å². The van der Waals surface area contributed by atoms with Crippen molar-refractivity contribution in [3.63, 3.8) is 0 Å². The SMILES string of the molecule is CCCCCCCCCCCC(=O)CC(=O)NCC(=O)OCC. The zero-order chi connectivity index (χ0) is 17.3. The molecule has 0 atom stereocenters. The van der Waals surface area contributed by atoms with E-state index in [0.29, 0.717) is 6.42 Å². The van der Waals surface area contributed by atoms with Crippen molar-refractivity contribution < 1.29 is 19.1 Å². The van der Waals surface area contributed by atoms with E-state index in [1.54, 1.807) is 6.92 Å². The summed E-state index contributed by atoms with van der Waals surface area (Å²) < 4.78 is 4.69. The smallest absolute Gasteiger partial charge is 0.325 e. The summed E-state index contributed by atoms with van der Waals surface area (Å²) in [7, 11) is 0. The van der Waals surface area contributed by atoms with Gasteiger partial charge in [-0.3, -0.25) is 14.4 Å². The molecule has 0 unspecified atom stereocenters. The summed E-state index contributed by atoms with van der Waals surface area (Å²) in [4.78, 5) is 34.2. The van der Waals surface area contributed by atoms with Gasteiger partial charge in [0.1, 0.15) is 12.3 Å². The predicted octanol–water partition coefficient (Wildman–Crippen LogP) is 3.55. The van der Waals surface area contributed by atoms with Crippen LogP contribution in [0.15, 0.2) is 0 Å². The van der Waals surface area contributed by atoms with Gasteiger partial charge in [-0.25, -0.2) is 0 Å². The van der Waals surface area contributed by atoms with E-state index >= 15 is 0 Å². The highest BCUT2D eigenvalue weighted by Crippen LogP contribution is 2.10. The Morgan fingerprint density at radius 2 is 1.39 bits per heavy atom. The van der Waals surface area contributed by atoms with E-state index in [-0.39, 0.29) is 25.4 Å². The first-order chi connectivity index (χ1) is 11.1. The number of Topliss-reactive ketones (excluding diaryl/α,β-unsaturated/α-hetero) is 1. The molecule has 0 aliphatic carbocycles. The van der Waals surface area contributed by atoms with Gasteiger partial charge in [-0.1, -0.05) is 58.3 Å². The number of hydrogen-bond acceptors (Lipinski definition) is 4. The van der Waals surface area contributed by atoms with Crippen LogP contribution in [0.25, 0.3) is 0 Å². The molecule has 0 fully saturated rings. The number of amides is 1. The Balaban J connectivity index is 3.45. The van der Waals surface area contributed by atoms with E-state index in [9.17, 15) is 14.4 Å². The normalized spacial score (nSPS) is 10.3. The second kappa shape index (κ2) is 15.5. The lowest BCUT2D eigenvalue weighted by Gasteiger charge is -2.05. The average Bonchev–Trinajstić information content (AvgIpc) is 2.51. The highest BCUT2D eigenvalue weighted by Gasteiger charge is 2.10. The molecule has 1 N–H and O–H groups in total. The third-order valence-electron chi connectivity index (χ3n) is 3.65. The number of hydrogen-bond donors (Lipinski definition) is 1. The van der Waals surface area contributed by atoms with Gasteiger partial charge in [0.2, 0.25) is 5.91 Å². The van der Waals surface area contributed by atoms with E-state index in [2.05, 4.69) is 12.2 Å². The summed E-state index contributed by atoms with van der Waals surface area (Å²) in [6.07, 6.45) is 11.1. The van der Waals surface area contributed by atoms with Gasteiger partial charge in [-0.15, -0.1) is 0 Å². The second-order valence-electron chi connectivity index (χ2n) is 5.88. The Morgan fingerprint density at radius 1 is 0.826 bits per heavy atom. The number of carbonyl (C=O) groups excluding carboxylic acids is 3. The first-order valence-electron chi connectivity index (χ1n) is 9.04. The van der Waals surface area contributed by atoms with Crippen molar-refractivity contribution in [1.82, 2.24) is 5.32 Å². The molecule has 0 rings (SSSR count). The first-order valence-corrected chi connectivity index (χ1v) is 9.04. The van der Waals surface area contributed by atoms with Crippen LogP contribution in [0.5, 0.6) is 0 Å². The lowest BCUT2D eigenvalue weighted by molar-refractivity contribution is -0.143. The highest BCUT2D eigenvalue weighted by atomic mass is 16.5. The molecule has 0 aromatic heterocycles. The van der Waals surface area contributed by atoms with Crippen molar-refractivity contribution in [2.75, 3.05) is 13.2 Å². The van der Waals surface area contributed by atoms with Crippen LogP contribution in [-0.4, -0.2) is 30.8 Å². The van der Waals surface area contributed by atoms with E-state index in [1.807, 2.05) is 0 Å². The molecule has 0 aliphatic rings. The molecule has 0 saturated heterocycles. The average molecular weight is 327 g/mol. The molecule has 0 bridgehead atoms. The number of carbonyl (C=O) groups is 3. The van der Waals surface area contributed by atoms with Crippen LogP contribution in [0.4, 0.5) is 0 Å². The van der Waals surface area contributed by atoms with Crippen molar-refractivity contribution in [1.29, 1.82) is 0 Å². The lowest BCUT2D eigenvalue weighted by Crippen LogP contribution is -2.31. The van der Waals surface area contributed by atoms with Crippen LogP contribution in [0.3, 0.4) is 0 Å². The Bertz CT molecular complexity index is 342. The van der Waals surface area contributed by atoms with Gasteiger partial charge in [-0.2, -0.15) is 0 Å². The molecule has 0 saturated carbocycles. The number of rotatable bonds is 15. The second-order valence-corrected chi connectivity index (χ2v) is 5.88. The molecule has 1 amide bonds. The Hall–Kier alpha value is -1.39. The van der Waals surface area contributed by atoms with Gasteiger partial charge in [0.15, 0.2) is 0 Å². The van der Waals surface area contributed by atoms with Crippen molar-refractivity contribution in [3.8, 4) is 0 Å². The maximum Gasteiger partial charge on any atom is 0.325 e. The molecule has 5 nitrogen and oxygen atoms in total. The van der Waals surface area contributed by atoms with Gasteiger partial charge in [0.05, 0.1) is 13.0 Å². The molecule has 0 aliphatic heterocycles. The molecule has 5 heteroatoms. The molecular weight excluding hydrogens is 294 g/mol. The maximum atomic E-state index is 11.7. The molecule has 0 heterocycles. The Kier molecular flexibility index (Phi) is 14.6.